The summed E-state index contributed by atoms with van der Waals surface area (Å²) in [5, 5.41) is 29.7. The Bertz CT molecular complexity index is 1410. The van der Waals surface area contributed by atoms with Crippen LogP contribution in [-0.2, 0) is 10.3 Å². The van der Waals surface area contributed by atoms with Crippen molar-refractivity contribution in [2.45, 2.75) is 18.9 Å². The van der Waals surface area contributed by atoms with E-state index in [1.165, 1.54) is 31.4 Å². The number of methoxy groups -OCH3 is 1. The predicted molar refractivity (Wildman–Crippen MR) is 134 cm³/mol. The topological polar surface area (TPSA) is 122 Å². The van der Waals surface area contributed by atoms with Crippen LogP contribution < -0.4 is 5.73 Å². The molecular weight excluding hydrogens is 449 g/mol. The zero-order valence-electron chi connectivity index (χ0n) is 19.4. The van der Waals surface area contributed by atoms with E-state index in [0.717, 1.165) is 6.21 Å². The van der Waals surface area contributed by atoms with Gasteiger partial charge in [-0.1, -0.05) is 19.1 Å². The van der Waals surface area contributed by atoms with Crippen LogP contribution in [0.1, 0.15) is 35.0 Å². The van der Waals surface area contributed by atoms with Crippen LogP contribution >= 0.6 is 0 Å². The van der Waals surface area contributed by atoms with E-state index in [0.29, 0.717) is 51.1 Å². The van der Waals surface area contributed by atoms with Crippen molar-refractivity contribution in [3.05, 3.63) is 83.3 Å². The summed E-state index contributed by atoms with van der Waals surface area (Å²) in [4.78, 5) is 11.4. The third kappa shape index (κ3) is 4.18. The summed E-state index contributed by atoms with van der Waals surface area (Å²) in [7, 11) is 1.50. The van der Waals surface area contributed by atoms with Crippen molar-refractivity contribution in [3.8, 4) is 16.8 Å². The van der Waals surface area contributed by atoms with E-state index in [-0.39, 0.29) is 12.2 Å². The molecule has 0 spiro atoms. The van der Waals surface area contributed by atoms with Crippen molar-refractivity contribution in [2.75, 3.05) is 19.5 Å². The number of rotatable bonds is 8. The van der Waals surface area contributed by atoms with Crippen molar-refractivity contribution < 1.29 is 24.1 Å². The van der Waals surface area contributed by atoms with Gasteiger partial charge in [0.05, 0.1) is 23.4 Å². The average molecular weight is 476 g/mol. The molecule has 7 nitrogen and oxygen atoms in total. The fraction of sp³-hybridized carbons (Fsp3) is 0.185. The highest BCUT2D eigenvalue weighted by Gasteiger charge is 2.36. The maximum absolute atomic E-state index is 13.8. The number of aliphatic hydroxyl groups is 1. The molecule has 3 aromatic carbocycles. The Morgan fingerprint density at radius 2 is 1.83 bits per heavy atom. The van der Waals surface area contributed by atoms with Crippen LogP contribution in [0.2, 0.25) is 0 Å². The van der Waals surface area contributed by atoms with Gasteiger partial charge in [0.25, 0.3) is 0 Å². The lowest BCUT2D eigenvalue weighted by atomic mass is 9.89. The minimum atomic E-state index is -1.46. The minimum Gasteiger partial charge on any atom is -0.478 e. The van der Waals surface area contributed by atoms with Gasteiger partial charge in [0.15, 0.2) is 0 Å². The normalized spacial score (nSPS) is 13.0. The number of halogens is 1. The number of carboxylic acid groups (broad SMARTS) is 1. The van der Waals surface area contributed by atoms with Crippen molar-refractivity contribution in [1.29, 1.82) is 5.41 Å². The van der Waals surface area contributed by atoms with Crippen LogP contribution in [0.25, 0.3) is 27.7 Å². The number of anilines is 1. The van der Waals surface area contributed by atoms with E-state index in [9.17, 15) is 19.4 Å². The summed E-state index contributed by atoms with van der Waals surface area (Å²) < 4.78 is 21.0. The van der Waals surface area contributed by atoms with E-state index >= 15 is 0 Å². The number of nitrogens with two attached hydrogens (primary N) is 1. The summed E-state index contributed by atoms with van der Waals surface area (Å²) in [6, 6.07) is 15.7. The first-order valence-electron chi connectivity index (χ1n) is 11.0. The molecule has 1 aromatic heterocycles. The molecule has 8 heteroatoms. The third-order valence-corrected chi connectivity index (χ3v) is 6.24. The summed E-state index contributed by atoms with van der Waals surface area (Å²) in [5.41, 5.74) is 8.85. The monoisotopic (exact) mass is 475 g/mol. The molecule has 0 aliphatic heterocycles. The molecule has 0 aliphatic carbocycles. The maximum Gasteiger partial charge on any atom is 0.335 e. The highest BCUT2D eigenvalue weighted by Crippen LogP contribution is 2.44. The molecule has 0 saturated heterocycles. The smallest absolute Gasteiger partial charge is 0.335 e. The van der Waals surface area contributed by atoms with E-state index < -0.39 is 17.4 Å². The zero-order valence-corrected chi connectivity index (χ0v) is 19.4. The van der Waals surface area contributed by atoms with Gasteiger partial charge in [-0.25, -0.2) is 9.18 Å². The van der Waals surface area contributed by atoms with Crippen LogP contribution in [0.15, 0.2) is 60.7 Å². The number of carboxylic acids is 1. The van der Waals surface area contributed by atoms with Crippen molar-refractivity contribution in [3.63, 3.8) is 0 Å². The van der Waals surface area contributed by atoms with Gasteiger partial charge in [-0.05, 0) is 60.5 Å². The molecule has 0 fully saturated rings. The van der Waals surface area contributed by atoms with Gasteiger partial charge < -0.3 is 30.7 Å². The third-order valence-electron chi connectivity index (χ3n) is 6.24. The van der Waals surface area contributed by atoms with Gasteiger partial charge in [0.2, 0.25) is 0 Å². The highest BCUT2D eigenvalue weighted by molar-refractivity contribution is 6.05. The molecule has 0 bridgehead atoms. The van der Waals surface area contributed by atoms with Crippen molar-refractivity contribution in [2.24, 2.45) is 0 Å². The predicted octanol–water partition coefficient (Wildman–Crippen LogP) is 4.96. The molecule has 0 radical (unpaired) electrons. The molecular formula is C27H26FN3O4. The summed E-state index contributed by atoms with van der Waals surface area (Å²) in [6.45, 7) is 1.81. The number of ether oxygens (including phenoxy) is 1. The molecule has 0 amide bonds. The lowest BCUT2D eigenvalue weighted by molar-refractivity contribution is -0.0422. The van der Waals surface area contributed by atoms with Gasteiger partial charge in [0.1, 0.15) is 11.4 Å². The second-order valence-corrected chi connectivity index (χ2v) is 8.38. The van der Waals surface area contributed by atoms with E-state index in [1.807, 2.05) is 11.5 Å². The van der Waals surface area contributed by atoms with Crippen molar-refractivity contribution in [1.82, 2.24) is 4.57 Å². The Labute approximate surface area is 201 Å². The van der Waals surface area contributed by atoms with Crippen LogP contribution in [-0.4, -0.2) is 40.7 Å². The first kappa shape index (κ1) is 24.1. The SMILES string of the molecule is CCC(O)(COC)c1c(-c2ccc(C(=O)O)cc2)c2cc(N)c(C=N)cc2n1-c1ccc(F)cc1. The number of carbonyl (C=O) groups is 1. The fourth-order valence-electron chi connectivity index (χ4n) is 4.44. The Hall–Kier alpha value is -4.01. The summed E-state index contributed by atoms with van der Waals surface area (Å²) in [5.74, 6) is -1.45. The largest absolute Gasteiger partial charge is 0.478 e. The number of nitrogens with one attached hydrogen (secondary N) is 1. The number of nitrogens with zero attached hydrogens (tertiary/aromatic N) is 1. The molecule has 180 valence electrons. The first-order valence-corrected chi connectivity index (χ1v) is 11.0. The molecule has 0 saturated carbocycles. The van der Waals surface area contributed by atoms with Gasteiger partial charge >= 0.3 is 5.97 Å². The Balaban J connectivity index is 2.20. The molecule has 0 aliphatic rings. The molecule has 1 unspecified atom stereocenters. The number of benzene rings is 3. The van der Waals surface area contributed by atoms with Gasteiger partial charge in [-0.2, -0.15) is 0 Å². The standard InChI is InChI=1S/C27H26FN3O4/c1-3-27(34,15-35-2)25-24(16-4-6-17(7-5-16)26(32)33)21-13-22(30)18(14-29)12-23(21)31(25)20-10-8-19(28)9-11-20/h4-14,29,34H,3,15,30H2,1-2H3,(H,32,33). The molecule has 5 N–H and O–H groups in total. The molecule has 1 heterocycles. The zero-order chi connectivity index (χ0) is 25.3. The number of hydrogen-bond donors (Lipinski definition) is 4. The van der Waals surface area contributed by atoms with Gasteiger partial charge in [-0.15, -0.1) is 0 Å². The number of aromatic carboxylic acids is 1. The van der Waals surface area contributed by atoms with Gasteiger partial charge in [0, 0.05) is 41.2 Å². The second-order valence-electron chi connectivity index (χ2n) is 8.38. The molecule has 35 heavy (non-hydrogen) atoms. The average Bonchev–Trinajstić information content (AvgIpc) is 3.18. The molecule has 1 atom stereocenters. The Kier molecular flexibility index (Phi) is 6.43. The second kappa shape index (κ2) is 9.32. The quantitative estimate of drug-likeness (QED) is 0.212. The number of aromatic nitrogens is 1. The van der Waals surface area contributed by atoms with E-state index in [2.05, 4.69) is 0 Å². The van der Waals surface area contributed by atoms with Crippen LogP contribution in [0.4, 0.5) is 10.1 Å². The molecule has 4 aromatic rings. The number of fused-ring (bicyclic) bond motifs is 1. The van der Waals surface area contributed by atoms with Crippen LogP contribution in [0.5, 0.6) is 0 Å². The first-order chi connectivity index (χ1) is 16.7. The fourth-order valence-corrected chi connectivity index (χ4v) is 4.44. The Morgan fingerprint density at radius 3 is 2.37 bits per heavy atom. The van der Waals surface area contributed by atoms with Gasteiger partial charge in [-0.3, -0.25) is 0 Å². The lowest BCUT2D eigenvalue weighted by Crippen LogP contribution is -2.33. The number of nitrogen functional groups attached to an aromatic ring is 1. The number of hydrogen-bond acceptors (Lipinski definition) is 5. The Morgan fingerprint density at radius 1 is 1.17 bits per heavy atom. The van der Waals surface area contributed by atoms with Crippen LogP contribution in [0, 0.1) is 11.2 Å². The minimum absolute atomic E-state index is 0.0197. The lowest BCUT2D eigenvalue weighted by Gasteiger charge is -2.29. The van der Waals surface area contributed by atoms with Crippen molar-refractivity contribution >= 4 is 28.8 Å². The van der Waals surface area contributed by atoms with E-state index in [1.54, 1.807) is 36.4 Å². The molecule has 4 rings (SSSR count). The summed E-state index contributed by atoms with van der Waals surface area (Å²) >= 11 is 0. The summed E-state index contributed by atoms with van der Waals surface area (Å²) in [6.07, 6.45) is 1.45. The van der Waals surface area contributed by atoms with E-state index in [4.69, 9.17) is 15.9 Å². The highest BCUT2D eigenvalue weighted by atomic mass is 19.1. The van der Waals surface area contributed by atoms with Crippen LogP contribution in [0.3, 0.4) is 0 Å². The maximum atomic E-state index is 13.8.